The number of rotatable bonds is 5. The van der Waals surface area contributed by atoms with Gasteiger partial charge in [0.15, 0.2) is 0 Å². The van der Waals surface area contributed by atoms with Gasteiger partial charge in [-0.1, -0.05) is 37.3 Å². The highest BCUT2D eigenvalue weighted by Gasteiger charge is 2.19. The molecule has 0 saturated carbocycles. The number of aromatic nitrogens is 1. The highest BCUT2D eigenvalue weighted by molar-refractivity contribution is 7.20. The van der Waals surface area contributed by atoms with Crippen LogP contribution in [-0.2, 0) is 0 Å². The summed E-state index contributed by atoms with van der Waals surface area (Å²) in [6.07, 6.45) is 1.82. The maximum absolute atomic E-state index is 14.8. The Balaban J connectivity index is 1.30. The van der Waals surface area contributed by atoms with E-state index < -0.39 is 0 Å². The summed E-state index contributed by atoms with van der Waals surface area (Å²) in [4.78, 5) is 23.1. The Bertz CT molecular complexity index is 1280. The van der Waals surface area contributed by atoms with Crippen molar-refractivity contribution < 1.29 is 9.18 Å². The number of hydrogen-bond acceptors (Lipinski definition) is 5. The molecule has 33 heavy (non-hydrogen) atoms. The first-order valence-electron chi connectivity index (χ1n) is 11.1. The number of carbonyl (C=O) groups excluding carboxylic acids is 1. The molecule has 0 unspecified atom stereocenters. The molecule has 1 amide bonds. The smallest absolute Gasteiger partial charge is 0.265 e. The number of halogens is 1. The number of carbonyl (C=O) groups is 1. The minimum absolute atomic E-state index is 0.261. The summed E-state index contributed by atoms with van der Waals surface area (Å²) < 4.78 is 14.8. The lowest BCUT2D eigenvalue weighted by Gasteiger charge is -2.35. The summed E-state index contributed by atoms with van der Waals surface area (Å²) in [7, 11) is 0. The quantitative estimate of drug-likeness (QED) is 0.427. The van der Waals surface area contributed by atoms with Crippen molar-refractivity contribution in [2.45, 2.75) is 6.92 Å². The van der Waals surface area contributed by atoms with E-state index in [4.69, 9.17) is 0 Å². The van der Waals surface area contributed by atoms with Crippen molar-refractivity contribution in [3.63, 3.8) is 0 Å². The van der Waals surface area contributed by atoms with E-state index in [0.717, 1.165) is 54.1 Å². The number of benzene rings is 2. The number of hydrogen-bond donors (Lipinski definition) is 1. The first-order chi connectivity index (χ1) is 16.1. The van der Waals surface area contributed by atoms with Crippen LogP contribution in [0.5, 0.6) is 0 Å². The molecule has 2 aromatic heterocycles. The van der Waals surface area contributed by atoms with Gasteiger partial charge in [0, 0.05) is 49.0 Å². The third-order valence-electron chi connectivity index (χ3n) is 6.07. The molecule has 7 heteroatoms. The maximum Gasteiger partial charge on any atom is 0.265 e. The first kappa shape index (κ1) is 21.6. The highest BCUT2D eigenvalue weighted by Crippen LogP contribution is 2.29. The van der Waals surface area contributed by atoms with Gasteiger partial charge in [-0.3, -0.25) is 4.79 Å². The topological polar surface area (TPSA) is 48.5 Å². The summed E-state index contributed by atoms with van der Waals surface area (Å²) in [6, 6.07) is 18.8. The van der Waals surface area contributed by atoms with E-state index in [9.17, 15) is 9.18 Å². The molecule has 1 saturated heterocycles. The van der Waals surface area contributed by atoms with E-state index in [2.05, 4.69) is 27.0 Å². The van der Waals surface area contributed by atoms with Crippen LogP contribution in [0.1, 0.15) is 16.6 Å². The van der Waals surface area contributed by atoms with Gasteiger partial charge in [0.25, 0.3) is 5.91 Å². The molecule has 0 spiro atoms. The molecule has 1 N–H and O–H groups in total. The summed E-state index contributed by atoms with van der Waals surface area (Å²) in [5.41, 5.74) is 3.12. The zero-order valence-electron chi connectivity index (χ0n) is 18.4. The highest BCUT2D eigenvalue weighted by atomic mass is 32.1. The zero-order chi connectivity index (χ0) is 22.8. The number of likely N-dealkylation sites (N-methyl/N-ethyl adjacent to an activating group) is 1. The SMILES string of the molecule is CCN1CCN(c2ccc(NC(=O)c3cc4cc(-c5ccccc5)cnc4s3)cc2F)CC1. The molecule has 1 aliphatic heterocycles. The van der Waals surface area contributed by atoms with Crippen molar-refractivity contribution in [2.75, 3.05) is 42.9 Å². The number of piperazine rings is 1. The second-order valence-electron chi connectivity index (χ2n) is 8.14. The molecule has 5 rings (SSSR count). The first-order valence-corrected chi connectivity index (χ1v) is 12.0. The second-order valence-corrected chi connectivity index (χ2v) is 9.17. The van der Waals surface area contributed by atoms with E-state index >= 15 is 0 Å². The lowest BCUT2D eigenvalue weighted by Crippen LogP contribution is -2.46. The Morgan fingerprint density at radius 1 is 1.03 bits per heavy atom. The van der Waals surface area contributed by atoms with Gasteiger partial charge in [-0.15, -0.1) is 11.3 Å². The number of pyridine rings is 1. The fourth-order valence-corrected chi connectivity index (χ4v) is 5.05. The van der Waals surface area contributed by atoms with Gasteiger partial charge < -0.3 is 15.1 Å². The van der Waals surface area contributed by atoms with E-state index in [-0.39, 0.29) is 11.7 Å². The van der Waals surface area contributed by atoms with Gasteiger partial charge in [-0.2, -0.15) is 0 Å². The fraction of sp³-hybridized carbons (Fsp3) is 0.231. The molecule has 5 nitrogen and oxygen atoms in total. The van der Waals surface area contributed by atoms with Crippen molar-refractivity contribution >= 4 is 38.8 Å². The molecule has 4 aromatic rings. The number of anilines is 2. The monoisotopic (exact) mass is 460 g/mol. The van der Waals surface area contributed by atoms with Gasteiger partial charge >= 0.3 is 0 Å². The average molecular weight is 461 g/mol. The summed E-state index contributed by atoms with van der Waals surface area (Å²) in [6.45, 7) is 6.62. The predicted octanol–water partition coefficient (Wildman–Crippen LogP) is 5.50. The number of nitrogens with one attached hydrogen (secondary N) is 1. The van der Waals surface area contributed by atoms with E-state index in [1.807, 2.05) is 48.7 Å². The van der Waals surface area contributed by atoms with Gasteiger partial charge in [0.05, 0.1) is 10.6 Å². The molecule has 0 bridgehead atoms. The minimum atomic E-state index is -0.316. The molecule has 2 aromatic carbocycles. The Morgan fingerprint density at radius 2 is 1.82 bits per heavy atom. The summed E-state index contributed by atoms with van der Waals surface area (Å²) >= 11 is 1.33. The average Bonchev–Trinajstić information content (AvgIpc) is 3.29. The standard InChI is InChI=1S/C26H25FN4OS/c1-2-30-10-12-31(13-11-30)23-9-8-21(16-22(23)27)29-25(32)24-15-19-14-20(17-28-26(19)33-24)18-6-4-3-5-7-18/h3-9,14-17H,2,10-13H2,1H3,(H,29,32). The number of thiophene rings is 1. The van der Waals surface area contributed by atoms with Crippen LogP contribution in [0, 0.1) is 5.82 Å². The Kier molecular flexibility index (Phi) is 6.07. The van der Waals surface area contributed by atoms with Gasteiger partial charge in [-0.25, -0.2) is 9.37 Å². The molecule has 0 radical (unpaired) electrons. The third-order valence-corrected chi connectivity index (χ3v) is 7.13. The number of fused-ring (bicyclic) bond motifs is 1. The fourth-order valence-electron chi connectivity index (χ4n) is 4.17. The van der Waals surface area contributed by atoms with Gasteiger partial charge in [-0.05, 0) is 42.4 Å². The van der Waals surface area contributed by atoms with Crippen molar-refractivity contribution in [3.8, 4) is 11.1 Å². The molecule has 1 aliphatic rings. The largest absolute Gasteiger partial charge is 0.367 e. The molecular formula is C26H25FN4OS. The van der Waals surface area contributed by atoms with Crippen LogP contribution >= 0.6 is 11.3 Å². The summed E-state index contributed by atoms with van der Waals surface area (Å²) in [5.74, 6) is -0.578. The van der Waals surface area contributed by atoms with Crippen LogP contribution in [0.4, 0.5) is 15.8 Å². The molecular weight excluding hydrogens is 435 g/mol. The Morgan fingerprint density at radius 3 is 2.55 bits per heavy atom. The third kappa shape index (κ3) is 4.60. The van der Waals surface area contributed by atoms with Crippen molar-refractivity contribution in [2.24, 2.45) is 0 Å². The Hall–Kier alpha value is -3.29. The predicted molar refractivity (Wildman–Crippen MR) is 134 cm³/mol. The van der Waals surface area contributed by atoms with Crippen molar-refractivity contribution in [3.05, 3.63) is 77.6 Å². The van der Waals surface area contributed by atoms with E-state index in [1.165, 1.54) is 17.4 Å². The number of amides is 1. The lowest BCUT2D eigenvalue weighted by atomic mass is 10.1. The van der Waals surface area contributed by atoms with E-state index in [0.29, 0.717) is 16.3 Å². The van der Waals surface area contributed by atoms with Crippen LogP contribution in [0.2, 0.25) is 0 Å². The van der Waals surface area contributed by atoms with Crippen molar-refractivity contribution in [1.29, 1.82) is 0 Å². The van der Waals surface area contributed by atoms with Gasteiger partial charge in [0.1, 0.15) is 10.6 Å². The minimum Gasteiger partial charge on any atom is -0.367 e. The van der Waals surface area contributed by atoms with Crippen LogP contribution in [0.25, 0.3) is 21.3 Å². The van der Waals surface area contributed by atoms with Crippen LogP contribution in [-0.4, -0.2) is 48.5 Å². The Labute approximate surface area is 196 Å². The van der Waals surface area contributed by atoms with Gasteiger partial charge in [0.2, 0.25) is 0 Å². The van der Waals surface area contributed by atoms with Crippen LogP contribution in [0.3, 0.4) is 0 Å². The summed E-state index contributed by atoms with van der Waals surface area (Å²) in [5, 5.41) is 3.75. The van der Waals surface area contributed by atoms with E-state index in [1.54, 1.807) is 12.1 Å². The molecule has 3 heterocycles. The maximum atomic E-state index is 14.8. The van der Waals surface area contributed by atoms with Crippen LogP contribution < -0.4 is 10.2 Å². The normalized spacial score (nSPS) is 14.5. The molecule has 168 valence electrons. The molecule has 0 atom stereocenters. The van der Waals surface area contributed by atoms with Crippen molar-refractivity contribution in [1.82, 2.24) is 9.88 Å². The molecule has 1 fully saturated rings. The number of nitrogens with zero attached hydrogens (tertiary/aromatic N) is 3. The lowest BCUT2D eigenvalue weighted by molar-refractivity contribution is 0.103. The molecule has 0 aliphatic carbocycles. The zero-order valence-corrected chi connectivity index (χ0v) is 19.2. The second kappa shape index (κ2) is 9.29. The van der Waals surface area contributed by atoms with Crippen LogP contribution in [0.15, 0.2) is 66.9 Å².